The molecular weight excluding hydrogens is 144 g/mol. The lowest BCUT2D eigenvalue weighted by Gasteiger charge is -2.01. The Morgan fingerprint density at radius 3 is 3.10 bits per heavy atom. The molecule has 56 valence electrons. The maximum absolute atomic E-state index is 4.15. The molecular formula is C7H12N2S. The molecule has 0 fully saturated rings. The van der Waals surface area contributed by atoms with Gasteiger partial charge in [-0.25, -0.2) is 4.98 Å². The maximum Gasteiger partial charge on any atom is 0.0948 e. The second-order valence-corrected chi connectivity index (χ2v) is 2.59. The summed E-state index contributed by atoms with van der Waals surface area (Å²) in [5, 5.41) is 0. The van der Waals surface area contributed by atoms with Crippen molar-refractivity contribution < 1.29 is 0 Å². The molecule has 0 saturated carbocycles. The van der Waals surface area contributed by atoms with E-state index in [4.69, 9.17) is 0 Å². The number of hydrogen-bond acceptors (Lipinski definition) is 2. The quantitative estimate of drug-likeness (QED) is 0.654. The van der Waals surface area contributed by atoms with Crippen LogP contribution in [0.2, 0.25) is 0 Å². The minimum absolute atomic E-state index is 0.895. The van der Waals surface area contributed by atoms with E-state index < -0.39 is 0 Å². The zero-order valence-electron chi connectivity index (χ0n) is 6.12. The molecule has 0 aliphatic carbocycles. The zero-order chi connectivity index (χ0) is 7.40. The van der Waals surface area contributed by atoms with E-state index in [9.17, 15) is 0 Å². The van der Waals surface area contributed by atoms with Gasteiger partial charge in [-0.2, -0.15) is 12.6 Å². The second-order valence-electron chi connectivity index (χ2n) is 2.14. The van der Waals surface area contributed by atoms with Crippen LogP contribution in [0, 0.1) is 0 Å². The first kappa shape index (κ1) is 7.66. The van der Waals surface area contributed by atoms with Gasteiger partial charge in [0.25, 0.3) is 0 Å². The Morgan fingerprint density at radius 2 is 2.50 bits per heavy atom. The monoisotopic (exact) mass is 156 g/mol. The van der Waals surface area contributed by atoms with Gasteiger partial charge in [-0.15, -0.1) is 0 Å². The molecule has 0 N–H and O–H groups in total. The molecule has 10 heavy (non-hydrogen) atoms. The predicted octanol–water partition coefficient (Wildman–Crippen LogP) is 1.38. The molecule has 0 bridgehead atoms. The van der Waals surface area contributed by atoms with E-state index in [1.807, 2.05) is 12.5 Å². The van der Waals surface area contributed by atoms with Crippen LogP contribution in [0.15, 0.2) is 12.5 Å². The molecule has 1 aromatic heterocycles. The largest absolute Gasteiger partial charge is 0.335 e. The fourth-order valence-electron chi connectivity index (χ4n) is 0.956. The normalized spacial score (nSPS) is 10.2. The molecule has 0 aromatic carbocycles. The molecule has 1 aromatic rings. The van der Waals surface area contributed by atoms with Gasteiger partial charge < -0.3 is 4.57 Å². The summed E-state index contributed by atoms with van der Waals surface area (Å²) in [6.07, 6.45) is 4.77. The summed E-state index contributed by atoms with van der Waals surface area (Å²) in [5.41, 5.74) is 1.28. The van der Waals surface area contributed by atoms with E-state index in [0.717, 1.165) is 18.7 Å². The van der Waals surface area contributed by atoms with Crippen molar-refractivity contribution in [2.75, 3.05) is 5.75 Å². The minimum Gasteiger partial charge on any atom is -0.335 e. The van der Waals surface area contributed by atoms with Crippen molar-refractivity contribution in [2.24, 2.45) is 0 Å². The van der Waals surface area contributed by atoms with E-state index in [2.05, 4.69) is 29.1 Å². The van der Waals surface area contributed by atoms with Crippen molar-refractivity contribution in [1.82, 2.24) is 9.55 Å². The van der Waals surface area contributed by atoms with Crippen molar-refractivity contribution in [3.63, 3.8) is 0 Å². The van der Waals surface area contributed by atoms with Crippen LogP contribution in [0.25, 0.3) is 0 Å². The van der Waals surface area contributed by atoms with Crippen LogP contribution in [0.3, 0.4) is 0 Å². The lowest BCUT2D eigenvalue weighted by Crippen LogP contribution is -1.99. The standard InChI is InChI=1S/C7H12N2S/c1-2-9-6-8-5-7(9)3-4-10/h5-6,10H,2-4H2,1H3. The molecule has 0 aliphatic heterocycles. The molecule has 1 rings (SSSR count). The highest BCUT2D eigenvalue weighted by Crippen LogP contribution is 2.00. The number of aromatic nitrogens is 2. The zero-order valence-corrected chi connectivity index (χ0v) is 7.01. The van der Waals surface area contributed by atoms with Crippen molar-refractivity contribution >= 4 is 12.6 Å². The molecule has 3 heteroatoms. The van der Waals surface area contributed by atoms with Crippen LogP contribution in [-0.2, 0) is 13.0 Å². The molecule has 0 radical (unpaired) electrons. The SMILES string of the molecule is CCn1cncc1CCS. The highest BCUT2D eigenvalue weighted by atomic mass is 32.1. The molecule has 1 heterocycles. The van der Waals surface area contributed by atoms with Gasteiger partial charge >= 0.3 is 0 Å². The van der Waals surface area contributed by atoms with Crippen molar-refractivity contribution in [3.05, 3.63) is 18.2 Å². The molecule has 0 unspecified atom stereocenters. The summed E-state index contributed by atoms with van der Waals surface area (Å²) in [7, 11) is 0. The highest BCUT2D eigenvalue weighted by molar-refractivity contribution is 7.80. The van der Waals surface area contributed by atoms with Gasteiger partial charge in [-0.1, -0.05) is 0 Å². The molecule has 0 amide bonds. The number of hydrogen-bond donors (Lipinski definition) is 1. The summed E-state index contributed by atoms with van der Waals surface area (Å²) in [4.78, 5) is 4.04. The number of nitrogens with zero attached hydrogens (tertiary/aromatic N) is 2. The van der Waals surface area contributed by atoms with Crippen molar-refractivity contribution in [2.45, 2.75) is 19.9 Å². The van der Waals surface area contributed by atoms with E-state index in [1.54, 1.807) is 0 Å². The molecule has 2 nitrogen and oxygen atoms in total. The first-order valence-corrected chi connectivity index (χ1v) is 4.11. The van der Waals surface area contributed by atoms with E-state index in [0.29, 0.717) is 0 Å². The summed E-state index contributed by atoms with van der Waals surface area (Å²) in [5.74, 6) is 0.895. The Labute approximate surface area is 66.7 Å². The lowest BCUT2D eigenvalue weighted by molar-refractivity contribution is 0.719. The number of imidazole rings is 1. The maximum atomic E-state index is 4.15. The predicted molar refractivity (Wildman–Crippen MR) is 45.5 cm³/mol. The van der Waals surface area contributed by atoms with Gasteiger partial charge in [0.05, 0.1) is 6.33 Å². The van der Waals surface area contributed by atoms with Crippen molar-refractivity contribution in [3.8, 4) is 0 Å². The Morgan fingerprint density at radius 1 is 1.70 bits per heavy atom. The first-order chi connectivity index (χ1) is 4.88. The third kappa shape index (κ3) is 1.53. The van der Waals surface area contributed by atoms with Crippen LogP contribution >= 0.6 is 12.6 Å². The number of rotatable bonds is 3. The van der Waals surface area contributed by atoms with E-state index >= 15 is 0 Å². The third-order valence-electron chi connectivity index (χ3n) is 1.51. The Kier molecular flexibility index (Phi) is 2.81. The van der Waals surface area contributed by atoms with Crippen LogP contribution < -0.4 is 0 Å². The molecule has 0 aliphatic rings. The lowest BCUT2D eigenvalue weighted by atomic mass is 10.3. The summed E-state index contributed by atoms with van der Waals surface area (Å²) in [6, 6.07) is 0. The van der Waals surface area contributed by atoms with Crippen LogP contribution in [-0.4, -0.2) is 15.3 Å². The van der Waals surface area contributed by atoms with E-state index in [1.165, 1.54) is 5.69 Å². The Hall–Kier alpha value is -0.440. The van der Waals surface area contributed by atoms with E-state index in [-0.39, 0.29) is 0 Å². The van der Waals surface area contributed by atoms with Gasteiger partial charge in [-0.05, 0) is 19.1 Å². The van der Waals surface area contributed by atoms with Gasteiger partial charge in [-0.3, -0.25) is 0 Å². The van der Waals surface area contributed by atoms with Crippen LogP contribution in [0.5, 0.6) is 0 Å². The average molecular weight is 156 g/mol. The summed E-state index contributed by atoms with van der Waals surface area (Å²) in [6.45, 7) is 3.12. The number of aryl methyl sites for hydroxylation is 2. The average Bonchev–Trinajstić information content (AvgIpc) is 2.36. The fraction of sp³-hybridized carbons (Fsp3) is 0.571. The van der Waals surface area contributed by atoms with Crippen molar-refractivity contribution in [1.29, 1.82) is 0 Å². The molecule has 0 spiro atoms. The van der Waals surface area contributed by atoms with Gasteiger partial charge in [0.2, 0.25) is 0 Å². The molecule has 0 saturated heterocycles. The summed E-state index contributed by atoms with van der Waals surface area (Å²) < 4.78 is 2.14. The smallest absolute Gasteiger partial charge is 0.0948 e. The summed E-state index contributed by atoms with van der Waals surface area (Å²) >= 11 is 4.15. The van der Waals surface area contributed by atoms with Gasteiger partial charge in [0.15, 0.2) is 0 Å². The van der Waals surface area contributed by atoms with Crippen LogP contribution in [0.4, 0.5) is 0 Å². The topological polar surface area (TPSA) is 17.8 Å². The van der Waals surface area contributed by atoms with Gasteiger partial charge in [0, 0.05) is 18.4 Å². The third-order valence-corrected chi connectivity index (χ3v) is 1.73. The minimum atomic E-state index is 0.895. The Balaban J connectivity index is 2.70. The first-order valence-electron chi connectivity index (χ1n) is 3.48. The molecule has 0 atom stereocenters. The number of thiol groups is 1. The van der Waals surface area contributed by atoms with Gasteiger partial charge in [0.1, 0.15) is 0 Å². The second kappa shape index (κ2) is 3.66. The fourth-order valence-corrected chi connectivity index (χ4v) is 1.18. The van der Waals surface area contributed by atoms with Crippen LogP contribution in [0.1, 0.15) is 12.6 Å². The highest BCUT2D eigenvalue weighted by Gasteiger charge is 1.96. The Bertz CT molecular complexity index is 195.